The maximum atomic E-state index is 12.1. The minimum absolute atomic E-state index is 0.0870. The molecule has 1 N–H and O–H groups in total. The fourth-order valence-corrected chi connectivity index (χ4v) is 4.13. The maximum absolute atomic E-state index is 12.1. The van der Waals surface area contributed by atoms with Gasteiger partial charge in [-0.05, 0) is 22.9 Å². The Morgan fingerprint density at radius 1 is 1.17 bits per heavy atom. The molecule has 4 aromatic heterocycles. The van der Waals surface area contributed by atoms with Crippen molar-refractivity contribution in [3.05, 3.63) is 44.9 Å². The number of aromatic nitrogens is 4. The summed E-state index contributed by atoms with van der Waals surface area (Å²) in [6, 6.07) is 3.90. The summed E-state index contributed by atoms with van der Waals surface area (Å²) in [5.74, 6) is 2.32. The molecule has 4 rings (SSSR count). The van der Waals surface area contributed by atoms with Crippen LogP contribution >= 0.6 is 22.7 Å². The highest BCUT2D eigenvalue weighted by Gasteiger charge is 2.14. The normalized spacial score (nSPS) is 11.4. The van der Waals surface area contributed by atoms with Crippen LogP contribution in [0.1, 0.15) is 18.6 Å². The molecule has 0 radical (unpaired) electrons. The SMILES string of the molecule is CCc1nc(N(C)Cc2nc3ccsc3c(=O)[nH]2)c2ccsc2n1. The lowest BCUT2D eigenvalue weighted by atomic mass is 10.3. The lowest BCUT2D eigenvalue weighted by Crippen LogP contribution is -2.22. The molecule has 0 saturated carbocycles. The summed E-state index contributed by atoms with van der Waals surface area (Å²) in [7, 11) is 1.96. The second-order valence-corrected chi connectivity index (χ2v) is 7.27. The molecule has 0 aromatic carbocycles. The summed E-state index contributed by atoms with van der Waals surface area (Å²) in [5, 5.41) is 4.93. The van der Waals surface area contributed by atoms with Crippen LogP contribution in [0.15, 0.2) is 27.7 Å². The van der Waals surface area contributed by atoms with Crippen LogP contribution in [0.2, 0.25) is 0 Å². The van der Waals surface area contributed by atoms with E-state index < -0.39 is 0 Å². The second kappa shape index (κ2) is 5.95. The first-order valence-corrected chi connectivity index (χ1v) is 9.33. The van der Waals surface area contributed by atoms with E-state index in [1.165, 1.54) is 11.3 Å². The Labute approximate surface area is 145 Å². The van der Waals surface area contributed by atoms with E-state index in [4.69, 9.17) is 0 Å². The van der Waals surface area contributed by atoms with E-state index in [2.05, 4.69) is 19.9 Å². The van der Waals surface area contributed by atoms with Gasteiger partial charge < -0.3 is 9.88 Å². The number of fused-ring (bicyclic) bond motifs is 2. The average molecular weight is 357 g/mol. The molecule has 4 heterocycles. The van der Waals surface area contributed by atoms with Gasteiger partial charge in [0.25, 0.3) is 5.56 Å². The number of nitrogens with zero attached hydrogens (tertiary/aromatic N) is 4. The van der Waals surface area contributed by atoms with Crippen LogP contribution in [0.5, 0.6) is 0 Å². The third-order valence-corrected chi connectivity index (χ3v) is 5.49. The highest BCUT2D eigenvalue weighted by molar-refractivity contribution is 7.17. The number of nitrogens with one attached hydrogen (secondary N) is 1. The Morgan fingerprint density at radius 3 is 2.83 bits per heavy atom. The fourth-order valence-electron chi connectivity index (χ4n) is 2.63. The van der Waals surface area contributed by atoms with Gasteiger partial charge in [0.05, 0.1) is 17.4 Å². The molecule has 0 aliphatic rings. The largest absolute Gasteiger partial charge is 0.352 e. The van der Waals surface area contributed by atoms with E-state index in [-0.39, 0.29) is 5.56 Å². The highest BCUT2D eigenvalue weighted by Crippen LogP contribution is 2.28. The monoisotopic (exact) mass is 357 g/mol. The minimum Gasteiger partial charge on any atom is -0.352 e. The molecule has 0 aliphatic carbocycles. The minimum atomic E-state index is -0.0870. The summed E-state index contributed by atoms with van der Waals surface area (Å²) in [6.45, 7) is 2.52. The smallest absolute Gasteiger partial charge is 0.268 e. The molecule has 0 aliphatic heterocycles. The van der Waals surface area contributed by atoms with Gasteiger partial charge in [0, 0.05) is 13.5 Å². The Balaban J connectivity index is 1.74. The predicted molar refractivity (Wildman–Crippen MR) is 99.1 cm³/mol. The van der Waals surface area contributed by atoms with Gasteiger partial charge in [-0.15, -0.1) is 22.7 Å². The molecule has 0 unspecified atom stereocenters. The molecular weight excluding hydrogens is 342 g/mol. The van der Waals surface area contributed by atoms with Gasteiger partial charge in [0.2, 0.25) is 0 Å². The molecular formula is C16H15N5OS2. The number of H-pyrrole nitrogens is 1. The number of hydrogen-bond donors (Lipinski definition) is 1. The zero-order chi connectivity index (χ0) is 16.7. The number of anilines is 1. The van der Waals surface area contributed by atoms with Gasteiger partial charge in [0.1, 0.15) is 27.0 Å². The number of hydrogen-bond acceptors (Lipinski definition) is 7. The molecule has 0 bridgehead atoms. The Morgan fingerprint density at radius 2 is 2.00 bits per heavy atom. The van der Waals surface area contributed by atoms with Crippen LogP contribution in [-0.4, -0.2) is 27.0 Å². The van der Waals surface area contributed by atoms with Crippen molar-refractivity contribution in [2.45, 2.75) is 19.9 Å². The zero-order valence-electron chi connectivity index (χ0n) is 13.2. The molecule has 0 atom stereocenters. The summed E-state index contributed by atoms with van der Waals surface area (Å²) in [6.07, 6.45) is 0.782. The van der Waals surface area contributed by atoms with Crippen molar-refractivity contribution in [2.24, 2.45) is 0 Å². The molecule has 6 nitrogen and oxygen atoms in total. The second-order valence-electron chi connectivity index (χ2n) is 5.46. The van der Waals surface area contributed by atoms with Crippen molar-refractivity contribution in [3.63, 3.8) is 0 Å². The number of rotatable bonds is 4. The van der Waals surface area contributed by atoms with E-state index in [9.17, 15) is 4.79 Å². The van der Waals surface area contributed by atoms with Crippen LogP contribution in [0, 0.1) is 0 Å². The highest BCUT2D eigenvalue weighted by atomic mass is 32.1. The van der Waals surface area contributed by atoms with Crippen molar-refractivity contribution in [1.29, 1.82) is 0 Å². The Hall–Kier alpha value is -2.32. The first-order chi connectivity index (χ1) is 11.7. The van der Waals surface area contributed by atoms with E-state index in [1.807, 2.05) is 41.8 Å². The lowest BCUT2D eigenvalue weighted by molar-refractivity contribution is 0.820. The van der Waals surface area contributed by atoms with Gasteiger partial charge in [-0.1, -0.05) is 6.92 Å². The van der Waals surface area contributed by atoms with Crippen LogP contribution in [0.3, 0.4) is 0 Å². The standard InChI is InChI=1S/C16H15N5OS2/c1-3-11-18-14(9-4-6-24-16(9)20-11)21(2)8-12-17-10-5-7-23-13(10)15(22)19-12/h4-7H,3,8H2,1-2H3,(H,17,19,22). The van der Waals surface area contributed by atoms with Crippen molar-refractivity contribution in [1.82, 2.24) is 19.9 Å². The first-order valence-electron chi connectivity index (χ1n) is 7.57. The van der Waals surface area contributed by atoms with E-state index in [1.54, 1.807) is 11.3 Å². The molecule has 0 spiro atoms. The number of thiophene rings is 2. The molecule has 0 fully saturated rings. The third-order valence-electron chi connectivity index (χ3n) is 3.78. The van der Waals surface area contributed by atoms with Crippen molar-refractivity contribution in [2.75, 3.05) is 11.9 Å². The molecule has 4 aromatic rings. The lowest BCUT2D eigenvalue weighted by Gasteiger charge is -2.19. The van der Waals surface area contributed by atoms with Crippen molar-refractivity contribution >= 4 is 48.9 Å². The van der Waals surface area contributed by atoms with E-state index in [0.29, 0.717) is 17.1 Å². The Kier molecular flexibility index (Phi) is 3.78. The van der Waals surface area contributed by atoms with Crippen LogP contribution in [-0.2, 0) is 13.0 Å². The summed E-state index contributed by atoms with van der Waals surface area (Å²) in [5.41, 5.74) is 0.654. The third kappa shape index (κ3) is 2.57. The molecule has 24 heavy (non-hydrogen) atoms. The van der Waals surface area contributed by atoms with Gasteiger partial charge in [-0.25, -0.2) is 15.0 Å². The summed E-state index contributed by atoms with van der Waals surface area (Å²) >= 11 is 3.02. The van der Waals surface area contributed by atoms with E-state index in [0.717, 1.165) is 33.8 Å². The Bertz CT molecular complexity index is 1080. The van der Waals surface area contributed by atoms with Gasteiger partial charge in [-0.2, -0.15) is 0 Å². The van der Waals surface area contributed by atoms with Crippen molar-refractivity contribution < 1.29 is 0 Å². The molecule has 122 valence electrons. The van der Waals surface area contributed by atoms with Gasteiger partial charge in [-0.3, -0.25) is 4.79 Å². The van der Waals surface area contributed by atoms with E-state index >= 15 is 0 Å². The predicted octanol–water partition coefficient (Wildman–Crippen LogP) is 3.19. The van der Waals surface area contributed by atoms with Crippen molar-refractivity contribution in [3.8, 4) is 0 Å². The van der Waals surface area contributed by atoms with Gasteiger partial charge >= 0.3 is 0 Å². The average Bonchev–Trinajstić information content (AvgIpc) is 3.22. The topological polar surface area (TPSA) is 74.8 Å². The quantitative estimate of drug-likeness (QED) is 0.607. The summed E-state index contributed by atoms with van der Waals surface area (Å²) < 4.78 is 0.664. The van der Waals surface area contributed by atoms with Crippen LogP contribution < -0.4 is 10.5 Å². The molecule has 0 saturated heterocycles. The maximum Gasteiger partial charge on any atom is 0.268 e. The van der Waals surface area contributed by atoms with Gasteiger partial charge in [0.15, 0.2) is 0 Å². The first kappa shape index (κ1) is 15.2. The van der Waals surface area contributed by atoms with Crippen LogP contribution in [0.4, 0.5) is 5.82 Å². The van der Waals surface area contributed by atoms with Crippen LogP contribution in [0.25, 0.3) is 20.4 Å². The molecule has 0 amide bonds. The summed E-state index contributed by atoms with van der Waals surface area (Å²) in [4.78, 5) is 31.8. The molecule has 8 heteroatoms. The number of aromatic amines is 1. The number of aryl methyl sites for hydroxylation is 1. The fraction of sp³-hybridized carbons (Fsp3) is 0.250. The zero-order valence-corrected chi connectivity index (χ0v) is 14.9.